The van der Waals surface area contributed by atoms with Crippen LogP contribution in [0.4, 0.5) is 11.4 Å². The number of amidine groups is 1. The first kappa shape index (κ1) is 33.0. The number of aryl methyl sites for hydroxylation is 1. The lowest BCUT2D eigenvalue weighted by Gasteiger charge is -2.33. The summed E-state index contributed by atoms with van der Waals surface area (Å²) in [6.07, 6.45) is 1.68. The highest BCUT2D eigenvalue weighted by Crippen LogP contribution is 2.45. The molecule has 0 amide bonds. The molecule has 0 unspecified atom stereocenters. The van der Waals surface area contributed by atoms with Gasteiger partial charge >= 0.3 is 0 Å². The normalized spacial score (nSPS) is 11.6. The summed E-state index contributed by atoms with van der Waals surface area (Å²) in [6, 6.07) is 48.6. The van der Waals surface area contributed by atoms with Crippen LogP contribution in [-0.4, -0.2) is 5.84 Å². The van der Waals surface area contributed by atoms with Crippen LogP contribution in [0, 0.1) is 12.3 Å². The molecule has 4 nitrogen and oxygen atoms in total. The van der Waals surface area contributed by atoms with E-state index in [1.165, 1.54) is 33.4 Å². The molecule has 52 heavy (non-hydrogen) atoms. The van der Waals surface area contributed by atoms with Gasteiger partial charge in [-0.3, -0.25) is 10.3 Å². The molecule has 0 aliphatic carbocycles. The first-order valence-corrected chi connectivity index (χ1v) is 18.1. The van der Waals surface area contributed by atoms with Crippen LogP contribution in [0.3, 0.4) is 0 Å². The van der Waals surface area contributed by atoms with E-state index in [0.717, 1.165) is 50.2 Å². The van der Waals surface area contributed by atoms with Crippen molar-refractivity contribution in [1.82, 2.24) is 0 Å². The molecule has 6 aromatic carbocycles. The van der Waals surface area contributed by atoms with Crippen molar-refractivity contribution in [1.29, 1.82) is 5.41 Å². The van der Waals surface area contributed by atoms with Crippen molar-refractivity contribution in [3.63, 3.8) is 0 Å². The molecule has 4 heteroatoms. The van der Waals surface area contributed by atoms with Gasteiger partial charge in [-0.05, 0) is 106 Å². The molecule has 0 bridgehead atoms. The summed E-state index contributed by atoms with van der Waals surface area (Å²) in [5.74, 6) is 1.54. The molecule has 2 aromatic heterocycles. The molecule has 8 aromatic rings. The van der Waals surface area contributed by atoms with E-state index in [1.807, 2.05) is 30.3 Å². The minimum absolute atomic E-state index is 0.192. The quantitative estimate of drug-likeness (QED) is 0.129. The highest BCUT2D eigenvalue weighted by atomic mass is 16.3. The predicted molar refractivity (Wildman–Crippen MR) is 217 cm³/mol. The molecule has 0 saturated heterocycles. The lowest BCUT2D eigenvalue weighted by atomic mass is 9.87. The van der Waals surface area contributed by atoms with Crippen LogP contribution in [0.5, 0.6) is 0 Å². The molecule has 256 valence electrons. The third-order valence-electron chi connectivity index (χ3n) is 10.1. The number of nitrogens with one attached hydrogen (secondary N) is 1. The number of benzene rings is 6. The van der Waals surface area contributed by atoms with Gasteiger partial charge in [0.25, 0.3) is 0 Å². The van der Waals surface area contributed by atoms with Crippen LogP contribution in [0.1, 0.15) is 61.8 Å². The van der Waals surface area contributed by atoms with Gasteiger partial charge in [0.05, 0.1) is 23.2 Å². The summed E-state index contributed by atoms with van der Waals surface area (Å²) in [5, 5.41) is 12.1. The van der Waals surface area contributed by atoms with E-state index < -0.39 is 0 Å². The fourth-order valence-electron chi connectivity index (χ4n) is 7.34. The Hall–Kier alpha value is -6.13. The maximum atomic E-state index is 10.1. The Labute approximate surface area is 305 Å². The summed E-state index contributed by atoms with van der Waals surface area (Å²) >= 11 is 0. The van der Waals surface area contributed by atoms with E-state index in [-0.39, 0.29) is 11.8 Å². The Balaban J connectivity index is 1.30. The zero-order chi connectivity index (χ0) is 35.9. The van der Waals surface area contributed by atoms with Crippen LogP contribution in [0.15, 0.2) is 155 Å². The van der Waals surface area contributed by atoms with Gasteiger partial charge in [-0.25, -0.2) is 0 Å². The minimum Gasteiger partial charge on any atom is -0.464 e. The number of hydrogen-bond donors (Lipinski definition) is 1. The Kier molecular flexibility index (Phi) is 8.60. The van der Waals surface area contributed by atoms with Crippen molar-refractivity contribution in [2.45, 2.75) is 46.5 Å². The van der Waals surface area contributed by atoms with Crippen molar-refractivity contribution in [3.8, 4) is 33.6 Å². The van der Waals surface area contributed by atoms with Crippen molar-refractivity contribution in [2.75, 3.05) is 4.90 Å². The fraction of sp³-hybridized carbons (Fsp3) is 0.146. The van der Waals surface area contributed by atoms with Crippen molar-refractivity contribution < 1.29 is 8.83 Å². The number of fused-ring (bicyclic) bond motifs is 3. The largest absolute Gasteiger partial charge is 0.464 e. The number of anilines is 2. The SMILES string of the molecule is Cc1ccccc1N(C(=N)c1cccc2c1oc1cc(-c3ccco3)ccc12)c1c(C(C)C)cc(-c2ccc(-c3ccccc3)cc2)cc1C(C)C. The van der Waals surface area contributed by atoms with Gasteiger partial charge < -0.3 is 8.83 Å². The highest BCUT2D eigenvalue weighted by Gasteiger charge is 2.29. The van der Waals surface area contributed by atoms with Gasteiger partial charge in [0, 0.05) is 16.3 Å². The minimum atomic E-state index is 0.192. The molecule has 0 spiro atoms. The monoisotopic (exact) mass is 678 g/mol. The van der Waals surface area contributed by atoms with E-state index in [1.54, 1.807) is 6.26 Å². The summed E-state index contributed by atoms with van der Waals surface area (Å²) in [4.78, 5) is 2.17. The second-order valence-electron chi connectivity index (χ2n) is 14.2. The molecule has 8 rings (SSSR count). The average molecular weight is 679 g/mol. The van der Waals surface area contributed by atoms with Crippen molar-refractivity contribution in [2.24, 2.45) is 0 Å². The maximum Gasteiger partial charge on any atom is 0.146 e. The summed E-state index contributed by atoms with van der Waals surface area (Å²) < 4.78 is 12.3. The Bertz CT molecular complexity index is 2510. The van der Waals surface area contributed by atoms with Crippen LogP contribution in [0.25, 0.3) is 55.5 Å². The third kappa shape index (κ3) is 5.90. The van der Waals surface area contributed by atoms with Crippen LogP contribution in [0.2, 0.25) is 0 Å². The Morgan fingerprint density at radius 1 is 0.577 bits per heavy atom. The number of hydrogen-bond acceptors (Lipinski definition) is 3. The maximum absolute atomic E-state index is 10.1. The van der Waals surface area contributed by atoms with Gasteiger partial charge in [-0.1, -0.05) is 119 Å². The molecule has 0 saturated carbocycles. The van der Waals surface area contributed by atoms with Gasteiger partial charge in [-0.15, -0.1) is 0 Å². The first-order valence-electron chi connectivity index (χ1n) is 18.1. The van der Waals surface area contributed by atoms with E-state index in [4.69, 9.17) is 8.83 Å². The Morgan fingerprint density at radius 2 is 1.21 bits per heavy atom. The fourth-order valence-corrected chi connectivity index (χ4v) is 7.34. The molecular formula is C48H42N2O2. The van der Waals surface area contributed by atoms with Crippen molar-refractivity contribution in [3.05, 3.63) is 168 Å². The van der Waals surface area contributed by atoms with E-state index in [2.05, 4.69) is 149 Å². The Morgan fingerprint density at radius 3 is 1.87 bits per heavy atom. The summed E-state index contributed by atoms with van der Waals surface area (Å²) in [7, 11) is 0. The zero-order valence-electron chi connectivity index (χ0n) is 30.3. The number of para-hydroxylation sites is 2. The van der Waals surface area contributed by atoms with E-state index >= 15 is 0 Å². The van der Waals surface area contributed by atoms with E-state index in [0.29, 0.717) is 11.4 Å². The van der Waals surface area contributed by atoms with Gasteiger partial charge in [0.15, 0.2) is 0 Å². The molecule has 0 aliphatic heterocycles. The molecule has 0 radical (unpaired) electrons. The number of furan rings is 2. The lowest BCUT2D eigenvalue weighted by Crippen LogP contribution is -2.29. The van der Waals surface area contributed by atoms with Gasteiger partial charge in [0.2, 0.25) is 0 Å². The first-order chi connectivity index (χ1) is 25.3. The topological polar surface area (TPSA) is 53.4 Å². The number of nitrogens with zero attached hydrogens (tertiary/aromatic N) is 1. The van der Waals surface area contributed by atoms with Crippen molar-refractivity contribution >= 4 is 39.1 Å². The van der Waals surface area contributed by atoms with Crippen LogP contribution < -0.4 is 4.90 Å². The van der Waals surface area contributed by atoms with Gasteiger partial charge in [-0.2, -0.15) is 0 Å². The second kappa shape index (κ2) is 13.5. The van der Waals surface area contributed by atoms with Crippen LogP contribution in [-0.2, 0) is 0 Å². The third-order valence-corrected chi connectivity index (χ3v) is 10.1. The second-order valence-corrected chi connectivity index (χ2v) is 14.2. The summed E-state index contributed by atoms with van der Waals surface area (Å²) in [6.45, 7) is 11.1. The lowest BCUT2D eigenvalue weighted by molar-refractivity contribution is 0.582. The zero-order valence-corrected chi connectivity index (χ0v) is 30.3. The highest BCUT2D eigenvalue weighted by molar-refractivity contribution is 6.21. The molecule has 0 atom stereocenters. The molecule has 2 heterocycles. The number of rotatable bonds is 8. The standard InChI is InChI=1S/C48H42N2O2/c1-30(2)41-27-37(35-22-20-34(21-23-35)33-14-7-6-8-15-33)28-42(31(3)4)46(41)50(43-18-10-9-13-32(43)5)48(49)40-17-11-16-39-38-25-24-36(44-19-12-26-51-44)29-45(38)52-47(39)40/h6-31,49H,1-5H3. The smallest absolute Gasteiger partial charge is 0.146 e. The summed E-state index contributed by atoms with van der Waals surface area (Å²) in [5.41, 5.74) is 13.4. The predicted octanol–water partition coefficient (Wildman–Crippen LogP) is 13.9. The van der Waals surface area contributed by atoms with Crippen LogP contribution >= 0.6 is 0 Å². The van der Waals surface area contributed by atoms with Gasteiger partial charge in [0.1, 0.15) is 22.8 Å². The molecule has 0 aliphatic rings. The van der Waals surface area contributed by atoms with E-state index in [9.17, 15) is 5.41 Å². The average Bonchev–Trinajstić information content (AvgIpc) is 3.84. The molecule has 1 N–H and O–H groups in total. The molecular weight excluding hydrogens is 637 g/mol. The molecule has 0 fully saturated rings.